The van der Waals surface area contributed by atoms with Gasteiger partial charge in [-0.15, -0.1) is 0 Å². The Kier molecular flexibility index (Phi) is 6.84. The van der Waals surface area contributed by atoms with E-state index in [0.717, 1.165) is 11.1 Å². The van der Waals surface area contributed by atoms with Crippen molar-refractivity contribution in [1.29, 1.82) is 0 Å². The van der Waals surface area contributed by atoms with Crippen molar-refractivity contribution in [2.45, 2.75) is 6.61 Å². The molecule has 1 heterocycles. The molecule has 162 valence electrons. The Labute approximate surface area is 191 Å². The molecule has 0 fully saturated rings. The van der Waals surface area contributed by atoms with Crippen LogP contribution < -0.4 is 15.6 Å². The molecule has 0 unspecified atom stereocenters. The van der Waals surface area contributed by atoms with Gasteiger partial charge < -0.3 is 9.15 Å². The highest BCUT2D eigenvalue weighted by atomic mass is 16.5. The minimum atomic E-state index is -0.570. The average Bonchev–Trinajstić information content (AvgIpc) is 3.35. The molecule has 0 aliphatic heterocycles. The van der Waals surface area contributed by atoms with Crippen molar-refractivity contribution in [3.63, 3.8) is 0 Å². The topological polar surface area (TPSA) is 80.6 Å². The minimum Gasteiger partial charge on any atom is -0.486 e. The smallest absolute Gasteiger partial charge is 0.305 e. The Morgan fingerprint density at radius 2 is 1.30 bits per heavy atom. The van der Waals surface area contributed by atoms with Crippen LogP contribution in [0, 0.1) is 11.8 Å². The molecule has 0 aliphatic carbocycles. The Bertz CT molecular complexity index is 1280. The molecule has 0 saturated carbocycles. The number of carbonyl (C=O) groups is 2. The minimum absolute atomic E-state index is 0.0634. The van der Waals surface area contributed by atoms with E-state index in [9.17, 15) is 9.59 Å². The molecule has 0 radical (unpaired) electrons. The molecule has 6 heteroatoms. The highest BCUT2D eigenvalue weighted by Gasteiger charge is 2.13. The zero-order chi connectivity index (χ0) is 22.9. The lowest BCUT2D eigenvalue weighted by Crippen LogP contribution is -2.41. The lowest BCUT2D eigenvalue weighted by molar-refractivity contribution is 0.0828. The number of ether oxygens (including phenoxy) is 1. The first-order valence-corrected chi connectivity index (χ1v) is 10.2. The van der Waals surface area contributed by atoms with E-state index in [-0.39, 0.29) is 12.4 Å². The van der Waals surface area contributed by atoms with E-state index in [2.05, 4.69) is 22.7 Å². The molecular formula is C27H20N2O4. The molecule has 0 aliphatic rings. The number of benzene rings is 3. The van der Waals surface area contributed by atoms with E-state index in [0.29, 0.717) is 17.1 Å². The zero-order valence-corrected chi connectivity index (χ0v) is 17.6. The van der Waals surface area contributed by atoms with Gasteiger partial charge >= 0.3 is 5.91 Å². The van der Waals surface area contributed by atoms with Crippen LogP contribution in [0.5, 0.6) is 5.75 Å². The SMILES string of the molecule is O=C(NNC(=O)c1ccc(COc2ccccc2)o1)c1ccc(C#Cc2ccccc2)cc1. The van der Waals surface area contributed by atoms with Crippen molar-refractivity contribution in [2.75, 3.05) is 0 Å². The largest absolute Gasteiger partial charge is 0.486 e. The summed E-state index contributed by atoms with van der Waals surface area (Å²) in [5.41, 5.74) is 6.80. The Balaban J connectivity index is 1.27. The maximum absolute atomic E-state index is 12.3. The van der Waals surface area contributed by atoms with Crippen LogP contribution in [0.3, 0.4) is 0 Å². The third kappa shape index (κ3) is 6.12. The van der Waals surface area contributed by atoms with E-state index in [1.807, 2.05) is 60.7 Å². The average molecular weight is 436 g/mol. The summed E-state index contributed by atoms with van der Waals surface area (Å²) in [7, 11) is 0. The van der Waals surface area contributed by atoms with Crippen molar-refractivity contribution in [2.24, 2.45) is 0 Å². The standard InChI is InChI=1S/C27H20N2O4/c30-26(22-15-13-21(14-16-22)12-11-20-7-3-1-4-8-20)28-29-27(31)25-18-17-24(33-25)19-32-23-9-5-2-6-10-23/h1-10,13-18H,19H2,(H,28,30)(H,29,31). The van der Waals surface area contributed by atoms with Gasteiger partial charge in [0.1, 0.15) is 18.1 Å². The van der Waals surface area contributed by atoms with Crippen molar-refractivity contribution in [3.05, 3.63) is 125 Å². The second kappa shape index (κ2) is 10.5. The number of para-hydroxylation sites is 1. The first-order chi connectivity index (χ1) is 16.2. The summed E-state index contributed by atoms with van der Waals surface area (Å²) in [5.74, 6) is 6.34. The number of hydrogen-bond acceptors (Lipinski definition) is 4. The van der Waals surface area contributed by atoms with Crippen LogP contribution in [0.15, 0.2) is 101 Å². The second-order valence-corrected chi connectivity index (χ2v) is 6.97. The normalized spacial score (nSPS) is 9.94. The van der Waals surface area contributed by atoms with E-state index in [1.165, 1.54) is 6.07 Å². The van der Waals surface area contributed by atoms with Gasteiger partial charge in [-0.2, -0.15) is 0 Å². The number of hydrogen-bond donors (Lipinski definition) is 2. The molecule has 3 aromatic carbocycles. The number of hydrazine groups is 1. The molecule has 33 heavy (non-hydrogen) atoms. The Hall–Kier alpha value is -4.76. The molecule has 4 aromatic rings. The fraction of sp³-hybridized carbons (Fsp3) is 0.0370. The second-order valence-electron chi connectivity index (χ2n) is 6.97. The highest BCUT2D eigenvalue weighted by Crippen LogP contribution is 2.14. The van der Waals surface area contributed by atoms with Gasteiger partial charge in [0, 0.05) is 16.7 Å². The first-order valence-electron chi connectivity index (χ1n) is 10.2. The van der Waals surface area contributed by atoms with Gasteiger partial charge in [0.25, 0.3) is 5.91 Å². The summed E-state index contributed by atoms with van der Waals surface area (Å²) in [6, 6.07) is 28.9. The summed E-state index contributed by atoms with van der Waals surface area (Å²) >= 11 is 0. The molecule has 0 spiro atoms. The fourth-order valence-corrected chi connectivity index (χ4v) is 2.87. The van der Waals surface area contributed by atoms with Gasteiger partial charge in [-0.1, -0.05) is 48.2 Å². The van der Waals surface area contributed by atoms with Gasteiger partial charge in [0.05, 0.1) is 0 Å². The molecule has 1 aromatic heterocycles. The third-order valence-electron chi connectivity index (χ3n) is 4.57. The van der Waals surface area contributed by atoms with Crippen LogP contribution in [0.4, 0.5) is 0 Å². The first kappa shape index (κ1) is 21.5. The molecule has 0 bridgehead atoms. The van der Waals surface area contributed by atoms with Crippen LogP contribution >= 0.6 is 0 Å². The third-order valence-corrected chi connectivity index (χ3v) is 4.57. The molecule has 0 saturated heterocycles. The van der Waals surface area contributed by atoms with Crippen molar-refractivity contribution in [1.82, 2.24) is 10.9 Å². The number of nitrogens with one attached hydrogen (secondary N) is 2. The quantitative estimate of drug-likeness (QED) is 0.360. The van der Waals surface area contributed by atoms with E-state index in [4.69, 9.17) is 9.15 Å². The van der Waals surface area contributed by atoms with Crippen LogP contribution in [0.2, 0.25) is 0 Å². The van der Waals surface area contributed by atoms with E-state index < -0.39 is 11.8 Å². The van der Waals surface area contributed by atoms with Crippen molar-refractivity contribution >= 4 is 11.8 Å². The van der Waals surface area contributed by atoms with Crippen molar-refractivity contribution in [3.8, 4) is 17.6 Å². The molecule has 6 nitrogen and oxygen atoms in total. The lowest BCUT2D eigenvalue weighted by atomic mass is 10.1. The maximum Gasteiger partial charge on any atom is 0.305 e. The number of furan rings is 1. The fourth-order valence-electron chi connectivity index (χ4n) is 2.87. The molecule has 0 atom stereocenters. The van der Waals surface area contributed by atoms with Crippen LogP contribution in [0.25, 0.3) is 0 Å². The Morgan fingerprint density at radius 1 is 0.697 bits per heavy atom. The summed E-state index contributed by atoms with van der Waals surface area (Å²) in [6.45, 7) is 0.184. The summed E-state index contributed by atoms with van der Waals surface area (Å²) in [5, 5.41) is 0. The maximum atomic E-state index is 12.3. The van der Waals surface area contributed by atoms with Crippen LogP contribution in [0.1, 0.15) is 37.8 Å². The number of amides is 2. The summed E-state index contributed by atoms with van der Waals surface area (Å²) in [4.78, 5) is 24.6. The highest BCUT2D eigenvalue weighted by molar-refractivity contribution is 5.98. The van der Waals surface area contributed by atoms with E-state index >= 15 is 0 Å². The monoisotopic (exact) mass is 436 g/mol. The molecule has 2 amide bonds. The van der Waals surface area contributed by atoms with Crippen LogP contribution in [-0.4, -0.2) is 11.8 Å². The van der Waals surface area contributed by atoms with Gasteiger partial charge in [0.2, 0.25) is 0 Å². The predicted molar refractivity (Wildman–Crippen MR) is 123 cm³/mol. The Morgan fingerprint density at radius 3 is 2.00 bits per heavy atom. The summed E-state index contributed by atoms with van der Waals surface area (Å²) in [6.07, 6.45) is 0. The van der Waals surface area contributed by atoms with Gasteiger partial charge in [0.15, 0.2) is 5.76 Å². The van der Waals surface area contributed by atoms with Crippen molar-refractivity contribution < 1.29 is 18.7 Å². The van der Waals surface area contributed by atoms with Crippen LogP contribution in [-0.2, 0) is 6.61 Å². The molecule has 4 rings (SSSR count). The lowest BCUT2D eigenvalue weighted by Gasteiger charge is -2.06. The zero-order valence-electron chi connectivity index (χ0n) is 17.6. The number of carbonyl (C=O) groups excluding carboxylic acids is 2. The molecule has 2 N–H and O–H groups in total. The van der Waals surface area contributed by atoms with Gasteiger partial charge in [-0.05, 0) is 60.7 Å². The summed E-state index contributed by atoms with van der Waals surface area (Å²) < 4.78 is 11.1. The van der Waals surface area contributed by atoms with E-state index in [1.54, 1.807) is 30.3 Å². The van der Waals surface area contributed by atoms with Gasteiger partial charge in [-0.3, -0.25) is 20.4 Å². The van der Waals surface area contributed by atoms with Gasteiger partial charge in [-0.25, -0.2) is 0 Å². The molecular weight excluding hydrogens is 416 g/mol. The predicted octanol–water partition coefficient (Wildman–Crippen LogP) is 4.33. The number of rotatable bonds is 5.